The van der Waals surface area contributed by atoms with E-state index in [0.29, 0.717) is 11.3 Å². The third-order valence-electron chi connectivity index (χ3n) is 2.15. The lowest BCUT2D eigenvalue weighted by molar-refractivity contribution is 0.0205. The van der Waals surface area contributed by atoms with Crippen molar-refractivity contribution in [2.45, 2.75) is 12.2 Å². The molecule has 6 nitrogen and oxygen atoms in total. The Bertz CT molecular complexity index is 332. The second-order valence-corrected chi connectivity index (χ2v) is 3.30. The maximum Gasteiger partial charge on any atom is 0.110 e. The summed E-state index contributed by atoms with van der Waals surface area (Å²) >= 11 is 0. The number of nitrogen functional groups attached to an aromatic ring is 2. The van der Waals surface area contributed by atoms with Crippen LogP contribution in [-0.2, 0) is 0 Å². The predicted octanol–water partition coefficient (Wildman–Crippen LogP) is -1.14. The zero-order valence-corrected chi connectivity index (χ0v) is 8.51. The molecule has 0 aliphatic carbocycles. The lowest BCUT2D eigenvalue weighted by Gasteiger charge is -2.19. The molecule has 1 aromatic heterocycles. The first kappa shape index (κ1) is 11.7. The van der Waals surface area contributed by atoms with Crippen molar-refractivity contribution in [1.29, 1.82) is 0 Å². The molecule has 0 saturated heterocycles. The van der Waals surface area contributed by atoms with Gasteiger partial charge in [-0.15, -0.1) is 0 Å². The van der Waals surface area contributed by atoms with Gasteiger partial charge in [-0.05, 0) is 7.05 Å². The van der Waals surface area contributed by atoms with Crippen molar-refractivity contribution in [2.24, 2.45) is 0 Å². The summed E-state index contributed by atoms with van der Waals surface area (Å²) in [6.07, 6.45) is 0.764. The summed E-state index contributed by atoms with van der Waals surface area (Å²) in [7, 11) is 1.68. The van der Waals surface area contributed by atoms with Crippen LogP contribution in [0.25, 0.3) is 0 Å². The molecule has 0 fully saturated rings. The highest BCUT2D eigenvalue weighted by molar-refractivity contribution is 5.66. The van der Waals surface area contributed by atoms with Crippen LogP contribution in [0.3, 0.4) is 0 Å². The second kappa shape index (κ2) is 4.92. The van der Waals surface area contributed by atoms with Crippen LogP contribution in [-0.4, -0.2) is 34.9 Å². The van der Waals surface area contributed by atoms with Gasteiger partial charge in [0.05, 0.1) is 23.7 Å². The average molecular weight is 212 g/mol. The molecule has 1 heterocycles. The van der Waals surface area contributed by atoms with Crippen LogP contribution in [0, 0.1) is 0 Å². The van der Waals surface area contributed by atoms with Crippen molar-refractivity contribution in [1.82, 2.24) is 10.3 Å². The Hall–Kier alpha value is -1.37. The first-order valence-corrected chi connectivity index (χ1v) is 4.57. The van der Waals surface area contributed by atoms with Crippen molar-refractivity contribution in [3.05, 3.63) is 18.0 Å². The van der Waals surface area contributed by atoms with E-state index in [-0.39, 0.29) is 12.2 Å². The summed E-state index contributed by atoms with van der Waals surface area (Å²) in [5, 5.41) is 22.1. The van der Waals surface area contributed by atoms with Crippen molar-refractivity contribution in [2.75, 3.05) is 25.1 Å². The van der Waals surface area contributed by atoms with E-state index in [0.717, 1.165) is 0 Å². The largest absolute Gasteiger partial charge is 0.397 e. The molecule has 7 N–H and O–H groups in total. The summed E-state index contributed by atoms with van der Waals surface area (Å²) in [4.78, 5) is 3.81. The number of rotatable bonds is 4. The molecule has 2 unspecified atom stereocenters. The van der Waals surface area contributed by atoms with Crippen LogP contribution in [0.4, 0.5) is 11.4 Å². The number of hydrogen-bond acceptors (Lipinski definition) is 6. The first-order chi connectivity index (χ1) is 7.07. The smallest absolute Gasteiger partial charge is 0.110 e. The molecule has 1 aromatic rings. The highest BCUT2D eigenvalue weighted by Crippen LogP contribution is 2.26. The summed E-state index contributed by atoms with van der Waals surface area (Å²) < 4.78 is 0. The summed E-state index contributed by atoms with van der Waals surface area (Å²) in [6, 6.07) is 0. The van der Waals surface area contributed by atoms with Gasteiger partial charge in [-0.1, -0.05) is 0 Å². The summed E-state index contributed by atoms with van der Waals surface area (Å²) in [6.45, 7) is 0.259. The Morgan fingerprint density at radius 2 is 2.07 bits per heavy atom. The van der Waals surface area contributed by atoms with Gasteiger partial charge in [0, 0.05) is 18.3 Å². The average Bonchev–Trinajstić information content (AvgIpc) is 2.21. The standard InChI is InChI=1S/C9H16N4O2/c1-12-4-7(14)9(15)5-2-13-3-6(10)8(5)11/h2-3,7,9,12,14-15H,4,10H2,1H3,(H2,11,13). The maximum absolute atomic E-state index is 9.76. The fraction of sp³-hybridized carbons (Fsp3) is 0.444. The van der Waals surface area contributed by atoms with Crippen LogP contribution in [0.15, 0.2) is 12.4 Å². The van der Waals surface area contributed by atoms with Crippen LogP contribution >= 0.6 is 0 Å². The van der Waals surface area contributed by atoms with Gasteiger partial charge >= 0.3 is 0 Å². The molecular formula is C9H16N4O2. The topological polar surface area (TPSA) is 117 Å². The Labute approximate surface area is 87.9 Å². The molecule has 0 aliphatic rings. The van der Waals surface area contributed by atoms with Gasteiger partial charge in [0.1, 0.15) is 6.10 Å². The lowest BCUT2D eigenvalue weighted by atomic mass is 10.0. The number of aliphatic hydroxyl groups is 2. The lowest BCUT2D eigenvalue weighted by Crippen LogP contribution is -2.30. The molecule has 0 amide bonds. The van der Waals surface area contributed by atoms with Gasteiger partial charge in [0.15, 0.2) is 0 Å². The van der Waals surface area contributed by atoms with E-state index < -0.39 is 12.2 Å². The van der Waals surface area contributed by atoms with Crippen molar-refractivity contribution >= 4 is 11.4 Å². The molecule has 0 spiro atoms. The third kappa shape index (κ3) is 2.56. The van der Waals surface area contributed by atoms with E-state index in [2.05, 4.69) is 10.3 Å². The van der Waals surface area contributed by atoms with E-state index in [9.17, 15) is 10.2 Å². The van der Waals surface area contributed by atoms with Crippen LogP contribution in [0.5, 0.6) is 0 Å². The predicted molar refractivity (Wildman–Crippen MR) is 58.0 cm³/mol. The Morgan fingerprint density at radius 3 is 2.67 bits per heavy atom. The highest BCUT2D eigenvalue weighted by Gasteiger charge is 2.20. The number of nitrogens with zero attached hydrogens (tertiary/aromatic N) is 1. The van der Waals surface area contributed by atoms with Gasteiger partial charge in [0.2, 0.25) is 0 Å². The molecule has 0 aromatic carbocycles. The van der Waals surface area contributed by atoms with E-state index in [1.165, 1.54) is 12.4 Å². The molecule has 84 valence electrons. The fourth-order valence-corrected chi connectivity index (χ4v) is 1.27. The van der Waals surface area contributed by atoms with E-state index in [1.54, 1.807) is 7.05 Å². The summed E-state index contributed by atoms with van der Waals surface area (Å²) in [5.41, 5.74) is 12.1. The van der Waals surface area contributed by atoms with Crippen molar-refractivity contribution in [3.63, 3.8) is 0 Å². The number of likely N-dealkylation sites (N-methyl/N-ethyl adjacent to an activating group) is 1. The number of aliphatic hydroxyl groups excluding tert-OH is 2. The minimum Gasteiger partial charge on any atom is -0.397 e. The molecule has 0 aliphatic heterocycles. The molecule has 1 rings (SSSR count). The Kier molecular flexibility index (Phi) is 3.84. The van der Waals surface area contributed by atoms with Crippen molar-refractivity contribution < 1.29 is 10.2 Å². The van der Waals surface area contributed by atoms with Gasteiger partial charge in [-0.25, -0.2) is 0 Å². The minimum absolute atomic E-state index is 0.257. The van der Waals surface area contributed by atoms with Gasteiger partial charge < -0.3 is 27.0 Å². The maximum atomic E-state index is 9.76. The zero-order valence-electron chi connectivity index (χ0n) is 8.51. The molecule has 0 bridgehead atoms. The van der Waals surface area contributed by atoms with Crippen LogP contribution in [0.1, 0.15) is 11.7 Å². The Balaban J connectivity index is 2.90. The molecule has 0 saturated carbocycles. The Morgan fingerprint density at radius 1 is 1.40 bits per heavy atom. The first-order valence-electron chi connectivity index (χ1n) is 4.57. The van der Waals surface area contributed by atoms with Gasteiger partial charge in [-0.2, -0.15) is 0 Å². The minimum atomic E-state index is -1.09. The monoisotopic (exact) mass is 212 g/mol. The third-order valence-corrected chi connectivity index (χ3v) is 2.15. The van der Waals surface area contributed by atoms with E-state index in [4.69, 9.17) is 11.5 Å². The SMILES string of the molecule is CNCC(O)C(O)c1cncc(N)c1N. The number of nitrogens with one attached hydrogen (secondary N) is 1. The van der Waals surface area contributed by atoms with E-state index >= 15 is 0 Å². The molecule has 0 radical (unpaired) electrons. The fourth-order valence-electron chi connectivity index (χ4n) is 1.27. The quantitative estimate of drug-likeness (QED) is 0.430. The normalized spacial score (nSPS) is 14.9. The molecular weight excluding hydrogens is 196 g/mol. The number of nitrogens with two attached hydrogens (primary N) is 2. The van der Waals surface area contributed by atoms with Crippen LogP contribution in [0.2, 0.25) is 0 Å². The number of hydrogen-bond donors (Lipinski definition) is 5. The molecule has 15 heavy (non-hydrogen) atoms. The van der Waals surface area contributed by atoms with E-state index in [1.807, 2.05) is 0 Å². The number of aromatic nitrogens is 1. The highest BCUT2D eigenvalue weighted by atomic mass is 16.3. The van der Waals surface area contributed by atoms with Gasteiger partial charge in [0.25, 0.3) is 0 Å². The van der Waals surface area contributed by atoms with Crippen LogP contribution < -0.4 is 16.8 Å². The van der Waals surface area contributed by atoms with Crippen molar-refractivity contribution in [3.8, 4) is 0 Å². The summed E-state index contributed by atoms with van der Waals surface area (Å²) in [5.74, 6) is 0. The second-order valence-electron chi connectivity index (χ2n) is 3.30. The number of anilines is 2. The molecule has 6 heteroatoms. The molecule has 2 atom stereocenters. The van der Waals surface area contributed by atoms with Gasteiger partial charge in [-0.3, -0.25) is 4.98 Å². The zero-order chi connectivity index (χ0) is 11.4. The number of pyridine rings is 1.